The fourth-order valence-corrected chi connectivity index (χ4v) is 3.33. The molecule has 108 valence electrons. The molecule has 1 rings (SSSR count). The zero-order chi connectivity index (χ0) is 14.5. The summed E-state index contributed by atoms with van der Waals surface area (Å²) in [6.07, 6.45) is 3.31. The number of benzene rings is 1. The van der Waals surface area contributed by atoms with Crippen molar-refractivity contribution in [1.82, 2.24) is 5.32 Å². The van der Waals surface area contributed by atoms with E-state index < -0.39 is 9.84 Å². The summed E-state index contributed by atoms with van der Waals surface area (Å²) in [6, 6.07) is 8.83. The van der Waals surface area contributed by atoms with Gasteiger partial charge in [-0.05, 0) is 39.2 Å². The van der Waals surface area contributed by atoms with E-state index in [1.165, 1.54) is 17.4 Å². The van der Waals surface area contributed by atoms with Crippen LogP contribution < -0.4 is 5.32 Å². The maximum Gasteiger partial charge on any atom is 0.148 e. The second kappa shape index (κ2) is 7.06. The van der Waals surface area contributed by atoms with Gasteiger partial charge >= 0.3 is 0 Å². The summed E-state index contributed by atoms with van der Waals surface area (Å²) in [7, 11) is -2.90. The molecule has 2 atom stereocenters. The lowest BCUT2D eigenvalue weighted by molar-refractivity contribution is 0.464. The van der Waals surface area contributed by atoms with Crippen LogP contribution in [0, 0.1) is 6.92 Å². The van der Waals surface area contributed by atoms with E-state index in [0.29, 0.717) is 6.04 Å². The lowest BCUT2D eigenvalue weighted by atomic mass is 10.0. The van der Waals surface area contributed by atoms with Gasteiger partial charge in [-0.3, -0.25) is 0 Å². The van der Waals surface area contributed by atoms with E-state index in [4.69, 9.17) is 0 Å². The topological polar surface area (TPSA) is 46.2 Å². The van der Waals surface area contributed by atoms with E-state index in [9.17, 15) is 8.42 Å². The highest BCUT2D eigenvalue weighted by molar-refractivity contribution is 7.90. The number of nitrogens with one attached hydrogen (secondary N) is 1. The Kier molecular flexibility index (Phi) is 6.01. The van der Waals surface area contributed by atoms with Crippen LogP contribution >= 0.6 is 0 Å². The normalized spacial score (nSPS) is 15.2. The molecule has 0 aliphatic carbocycles. The summed E-state index contributed by atoms with van der Waals surface area (Å²) in [5.41, 5.74) is 2.62. The SMILES string of the molecule is Cc1cccc(CCC(C)NC(C)CS(C)(=O)=O)c1. The van der Waals surface area contributed by atoms with Crippen molar-refractivity contribution in [2.75, 3.05) is 12.0 Å². The zero-order valence-electron chi connectivity index (χ0n) is 12.3. The Balaban J connectivity index is 2.37. The molecule has 1 aromatic rings. The van der Waals surface area contributed by atoms with E-state index in [0.717, 1.165) is 12.8 Å². The maximum absolute atomic E-state index is 11.2. The second-order valence-corrected chi connectivity index (χ2v) is 7.77. The molecule has 0 saturated heterocycles. The third kappa shape index (κ3) is 7.33. The van der Waals surface area contributed by atoms with Crippen LogP contribution in [0.2, 0.25) is 0 Å². The molecular formula is C15H25NO2S. The van der Waals surface area contributed by atoms with Gasteiger partial charge in [-0.1, -0.05) is 29.8 Å². The molecule has 19 heavy (non-hydrogen) atoms. The molecule has 0 radical (unpaired) electrons. The van der Waals surface area contributed by atoms with Crippen molar-refractivity contribution in [3.8, 4) is 0 Å². The molecule has 0 bridgehead atoms. The fraction of sp³-hybridized carbons (Fsp3) is 0.600. The van der Waals surface area contributed by atoms with Gasteiger partial charge in [0.15, 0.2) is 0 Å². The summed E-state index contributed by atoms with van der Waals surface area (Å²) < 4.78 is 22.4. The number of rotatable bonds is 7. The fourth-order valence-electron chi connectivity index (χ4n) is 2.32. The van der Waals surface area contributed by atoms with Crippen LogP contribution in [0.1, 0.15) is 31.4 Å². The number of aryl methyl sites for hydroxylation is 2. The zero-order valence-corrected chi connectivity index (χ0v) is 13.1. The lowest BCUT2D eigenvalue weighted by Gasteiger charge is -2.19. The summed E-state index contributed by atoms with van der Waals surface area (Å²) in [6.45, 7) is 6.12. The first-order valence-electron chi connectivity index (χ1n) is 6.75. The predicted octanol–water partition coefficient (Wildman–Crippen LogP) is 2.34. The number of sulfone groups is 1. The van der Waals surface area contributed by atoms with Crippen molar-refractivity contribution in [3.63, 3.8) is 0 Å². The molecule has 4 heteroatoms. The van der Waals surface area contributed by atoms with Crippen LogP contribution in [0.3, 0.4) is 0 Å². The van der Waals surface area contributed by atoms with Gasteiger partial charge in [0, 0.05) is 18.3 Å². The van der Waals surface area contributed by atoms with Crippen molar-refractivity contribution in [2.24, 2.45) is 0 Å². The van der Waals surface area contributed by atoms with E-state index in [2.05, 4.69) is 43.4 Å². The highest BCUT2D eigenvalue weighted by atomic mass is 32.2. The van der Waals surface area contributed by atoms with Crippen molar-refractivity contribution < 1.29 is 8.42 Å². The first-order valence-corrected chi connectivity index (χ1v) is 8.81. The van der Waals surface area contributed by atoms with Gasteiger partial charge < -0.3 is 5.32 Å². The summed E-state index contributed by atoms with van der Waals surface area (Å²) in [5, 5.41) is 3.34. The average molecular weight is 283 g/mol. The molecule has 0 heterocycles. The molecule has 0 fully saturated rings. The van der Waals surface area contributed by atoms with Gasteiger partial charge in [-0.25, -0.2) is 8.42 Å². The highest BCUT2D eigenvalue weighted by Crippen LogP contribution is 2.08. The Morgan fingerprint density at radius 1 is 1.21 bits per heavy atom. The van der Waals surface area contributed by atoms with Crippen molar-refractivity contribution >= 4 is 9.84 Å². The number of hydrogen-bond donors (Lipinski definition) is 1. The Hall–Kier alpha value is -0.870. The average Bonchev–Trinajstić information content (AvgIpc) is 2.23. The largest absolute Gasteiger partial charge is 0.311 e. The molecule has 0 aliphatic rings. The van der Waals surface area contributed by atoms with Crippen LogP contribution in [0.15, 0.2) is 24.3 Å². The van der Waals surface area contributed by atoms with Gasteiger partial charge in [0.05, 0.1) is 5.75 Å². The van der Waals surface area contributed by atoms with E-state index in [-0.39, 0.29) is 11.8 Å². The summed E-state index contributed by atoms with van der Waals surface area (Å²) in [5.74, 6) is 0.196. The van der Waals surface area contributed by atoms with Crippen LogP contribution in [-0.4, -0.2) is 32.5 Å². The molecular weight excluding hydrogens is 258 g/mol. The van der Waals surface area contributed by atoms with E-state index in [1.54, 1.807) is 0 Å². The minimum atomic E-state index is -2.90. The molecule has 1 N–H and O–H groups in total. The van der Waals surface area contributed by atoms with Gasteiger partial charge in [0.1, 0.15) is 9.84 Å². The lowest BCUT2D eigenvalue weighted by Crippen LogP contribution is -2.39. The molecule has 0 saturated carbocycles. The standard InChI is InChI=1S/C15H25NO2S/c1-12-6-5-7-15(10-12)9-8-13(2)16-14(3)11-19(4,17)18/h5-7,10,13-14,16H,8-9,11H2,1-4H3. The third-order valence-corrected chi connectivity index (χ3v) is 4.18. The molecule has 2 unspecified atom stereocenters. The van der Waals surface area contributed by atoms with E-state index in [1.807, 2.05) is 6.92 Å². The second-order valence-electron chi connectivity index (χ2n) is 5.59. The Labute approximate surface area is 117 Å². The van der Waals surface area contributed by atoms with Crippen molar-refractivity contribution in [3.05, 3.63) is 35.4 Å². The third-order valence-electron chi connectivity index (χ3n) is 3.07. The summed E-state index contributed by atoms with van der Waals surface area (Å²) >= 11 is 0. The van der Waals surface area contributed by atoms with Gasteiger partial charge in [-0.15, -0.1) is 0 Å². The van der Waals surface area contributed by atoms with Gasteiger partial charge in [0.2, 0.25) is 0 Å². The summed E-state index contributed by atoms with van der Waals surface area (Å²) in [4.78, 5) is 0. The van der Waals surface area contributed by atoms with Crippen molar-refractivity contribution in [2.45, 2.75) is 45.7 Å². The predicted molar refractivity (Wildman–Crippen MR) is 81.3 cm³/mol. The highest BCUT2D eigenvalue weighted by Gasteiger charge is 2.12. The first kappa shape index (κ1) is 16.2. The minimum Gasteiger partial charge on any atom is -0.311 e. The molecule has 0 spiro atoms. The smallest absolute Gasteiger partial charge is 0.148 e. The van der Waals surface area contributed by atoms with Crippen LogP contribution in [0.25, 0.3) is 0 Å². The van der Waals surface area contributed by atoms with Gasteiger partial charge in [-0.2, -0.15) is 0 Å². The minimum absolute atomic E-state index is 0.00232. The van der Waals surface area contributed by atoms with Gasteiger partial charge in [0.25, 0.3) is 0 Å². The van der Waals surface area contributed by atoms with Crippen LogP contribution in [-0.2, 0) is 16.3 Å². The van der Waals surface area contributed by atoms with Crippen molar-refractivity contribution in [1.29, 1.82) is 0 Å². The quantitative estimate of drug-likeness (QED) is 0.835. The maximum atomic E-state index is 11.2. The first-order chi connectivity index (χ1) is 8.76. The molecule has 0 aromatic heterocycles. The Morgan fingerprint density at radius 3 is 2.47 bits per heavy atom. The molecule has 0 aliphatic heterocycles. The Bertz CT molecular complexity index is 497. The molecule has 1 aromatic carbocycles. The molecule has 3 nitrogen and oxygen atoms in total. The van der Waals surface area contributed by atoms with E-state index >= 15 is 0 Å². The Morgan fingerprint density at radius 2 is 1.89 bits per heavy atom. The van der Waals surface area contributed by atoms with Crippen LogP contribution in [0.5, 0.6) is 0 Å². The monoisotopic (exact) mass is 283 g/mol. The van der Waals surface area contributed by atoms with Crippen LogP contribution in [0.4, 0.5) is 0 Å². The molecule has 0 amide bonds. The number of hydrogen-bond acceptors (Lipinski definition) is 3.